The molecule has 1 aromatic heterocycles. The second kappa shape index (κ2) is 7.14. The van der Waals surface area contributed by atoms with Crippen molar-refractivity contribution < 1.29 is 18.0 Å². The number of rotatable bonds is 4. The zero-order valence-corrected chi connectivity index (χ0v) is 14.7. The Morgan fingerprint density at radius 2 is 1.78 bits per heavy atom. The first kappa shape index (κ1) is 18.5. The summed E-state index contributed by atoms with van der Waals surface area (Å²) in [5.41, 5.74) is -0.0860. The van der Waals surface area contributed by atoms with Crippen LogP contribution in [0, 0.1) is 0 Å². The summed E-state index contributed by atoms with van der Waals surface area (Å²) in [5, 5.41) is 6.44. The van der Waals surface area contributed by atoms with Crippen LogP contribution in [-0.2, 0) is 6.18 Å². The van der Waals surface area contributed by atoms with Crippen molar-refractivity contribution in [2.75, 3.05) is 24.3 Å². The Kier molecular flexibility index (Phi) is 4.89. The standard InChI is InChI=1S/C19H17F3N4O/c1-25(2)14-8-9-16(15(12-14)19(20,21)22)23-18(27)17-10-11-26(24-17)13-6-4-3-5-7-13/h3-12H,1-2H3,(H,23,27). The molecule has 0 unspecified atom stereocenters. The molecule has 5 nitrogen and oxygen atoms in total. The largest absolute Gasteiger partial charge is 0.418 e. The highest BCUT2D eigenvalue weighted by molar-refractivity contribution is 6.03. The number of hydrogen-bond donors (Lipinski definition) is 1. The Bertz CT molecular complexity index is 949. The number of carbonyl (C=O) groups is 1. The van der Waals surface area contributed by atoms with Crippen LogP contribution in [0.5, 0.6) is 0 Å². The van der Waals surface area contributed by atoms with Gasteiger partial charge in [-0.3, -0.25) is 4.79 Å². The Balaban J connectivity index is 1.87. The molecule has 0 saturated heterocycles. The average Bonchev–Trinajstić information content (AvgIpc) is 3.12. The summed E-state index contributed by atoms with van der Waals surface area (Å²) in [7, 11) is 3.29. The van der Waals surface area contributed by atoms with Crippen molar-refractivity contribution in [3.63, 3.8) is 0 Å². The smallest absolute Gasteiger partial charge is 0.378 e. The van der Waals surface area contributed by atoms with E-state index in [2.05, 4.69) is 10.4 Å². The number of carbonyl (C=O) groups excluding carboxylic acids is 1. The molecule has 27 heavy (non-hydrogen) atoms. The summed E-state index contributed by atoms with van der Waals surface area (Å²) in [4.78, 5) is 13.9. The second-order valence-electron chi connectivity index (χ2n) is 6.06. The molecule has 2 aromatic carbocycles. The van der Waals surface area contributed by atoms with Gasteiger partial charge in [-0.25, -0.2) is 4.68 Å². The molecule has 1 N–H and O–H groups in total. The van der Waals surface area contributed by atoms with E-state index in [4.69, 9.17) is 0 Å². The van der Waals surface area contributed by atoms with Gasteiger partial charge in [0.05, 0.1) is 16.9 Å². The number of nitrogens with zero attached hydrogens (tertiary/aromatic N) is 3. The molecule has 0 aliphatic carbocycles. The van der Waals surface area contributed by atoms with Gasteiger partial charge in [-0.1, -0.05) is 18.2 Å². The van der Waals surface area contributed by atoms with E-state index < -0.39 is 17.6 Å². The number of para-hydroxylation sites is 1. The highest BCUT2D eigenvalue weighted by atomic mass is 19.4. The fourth-order valence-electron chi connectivity index (χ4n) is 2.51. The molecule has 1 heterocycles. The molecule has 8 heteroatoms. The van der Waals surface area contributed by atoms with Crippen LogP contribution in [0.25, 0.3) is 5.69 Å². The summed E-state index contributed by atoms with van der Waals surface area (Å²) in [6.07, 6.45) is -3.03. The lowest BCUT2D eigenvalue weighted by atomic mass is 10.1. The maximum Gasteiger partial charge on any atom is 0.418 e. The molecule has 3 rings (SSSR count). The van der Waals surface area contributed by atoms with E-state index in [0.717, 1.165) is 11.8 Å². The van der Waals surface area contributed by atoms with Crippen molar-refractivity contribution in [1.29, 1.82) is 0 Å². The highest BCUT2D eigenvalue weighted by Gasteiger charge is 2.34. The van der Waals surface area contributed by atoms with Crippen molar-refractivity contribution >= 4 is 17.3 Å². The highest BCUT2D eigenvalue weighted by Crippen LogP contribution is 2.37. The molecule has 0 aliphatic rings. The molecule has 1 amide bonds. The van der Waals surface area contributed by atoms with Gasteiger partial charge < -0.3 is 10.2 Å². The average molecular weight is 374 g/mol. The number of halogens is 3. The molecule has 0 bridgehead atoms. The number of benzene rings is 2. The van der Waals surface area contributed by atoms with Gasteiger partial charge in [0.15, 0.2) is 5.69 Å². The fourth-order valence-corrected chi connectivity index (χ4v) is 2.51. The van der Waals surface area contributed by atoms with Gasteiger partial charge >= 0.3 is 6.18 Å². The lowest BCUT2D eigenvalue weighted by molar-refractivity contribution is -0.136. The molecule has 0 spiro atoms. The number of nitrogens with one attached hydrogen (secondary N) is 1. The predicted octanol–water partition coefficient (Wildman–Crippen LogP) is 4.21. The Morgan fingerprint density at radius 1 is 1.07 bits per heavy atom. The Morgan fingerprint density at radius 3 is 2.41 bits per heavy atom. The number of amides is 1. The topological polar surface area (TPSA) is 50.2 Å². The number of hydrogen-bond acceptors (Lipinski definition) is 3. The van der Waals surface area contributed by atoms with Crippen molar-refractivity contribution in [3.8, 4) is 5.69 Å². The van der Waals surface area contributed by atoms with Crippen LogP contribution in [0.1, 0.15) is 16.1 Å². The Labute approximate surface area is 154 Å². The third-order valence-corrected chi connectivity index (χ3v) is 3.92. The molecule has 140 valence electrons. The van der Waals surface area contributed by atoms with Gasteiger partial charge in [0.1, 0.15) is 0 Å². The van der Waals surface area contributed by atoms with E-state index in [1.54, 1.807) is 37.3 Å². The van der Waals surface area contributed by atoms with E-state index in [1.807, 2.05) is 18.2 Å². The summed E-state index contributed by atoms with van der Waals surface area (Å²) in [5.74, 6) is -0.715. The van der Waals surface area contributed by atoms with Gasteiger partial charge in [-0.2, -0.15) is 18.3 Å². The lowest BCUT2D eigenvalue weighted by Gasteiger charge is -2.18. The minimum Gasteiger partial charge on any atom is -0.378 e. The normalized spacial score (nSPS) is 11.3. The zero-order chi connectivity index (χ0) is 19.6. The first-order chi connectivity index (χ1) is 12.8. The predicted molar refractivity (Wildman–Crippen MR) is 97.3 cm³/mol. The first-order valence-electron chi connectivity index (χ1n) is 8.07. The summed E-state index contributed by atoms with van der Waals surface area (Å²) in [6, 6.07) is 14.3. The zero-order valence-electron chi connectivity index (χ0n) is 14.7. The van der Waals surface area contributed by atoms with Crippen LogP contribution >= 0.6 is 0 Å². The van der Waals surface area contributed by atoms with Gasteiger partial charge in [-0.05, 0) is 36.4 Å². The van der Waals surface area contributed by atoms with Crippen molar-refractivity contribution in [1.82, 2.24) is 9.78 Å². The minimum atomic E-state index is -4.60. The van der Waals surface area contributed by atoms with E-state index in [0.29, 0.717) is 5.69 Å². The number of anilines is 2. The molecule has 0 fully saturated rings. The lowest BCUT2D eigenvalue weighted by Crippen LogP contribution is -2.18. The van der Waals surface area contributed by atoms with Gasteiger partial charge in [0.25, 0.3) is 5.91 Å². The minimum absolute atomic E-state index is 0.0173. The van der Waals surface area contributed by atoms with Gasteiger partial charge in [0.2, 0.25) is 0 Å². The third-order valence-electron chi connectivity index (χ3n) is 3.92. The van der Waals surface area contributed by atoms with Crippen LogP contribution in [0.4, 0.5) is 24.5 Å². The summed E-state index contributed by atoms with van der Waals surface area (Å²) in [6.45, 7) is 0. The van der Waals surface area contributed by atoms with Crippen LogP contribution in [0.15, 0.2) is 60.8 Å². The van der Waals surface area contributed by atoms with E-state index >= 15 is 0 Å². The molecule has 3 aromatic rings. The monoisotopic (exact) mass is 374 g/mol. The fraction of sp³-hybridized carbons (Fsp3) is 0.158. The molecular weight excluding hydrogens is 357 g/mol. The number of alkyl halides is 3. The van der Waals surface area contributed by atoms with Crippen LogP contribution in [0.2, 0.25) is 0 Å². The van der Waals surface area contributed by atoms with Gasteiger partial charge in [-0.15, -0.1) is 0 Å². The summed E-state index contributed by atoms with van der Waals surface area (Å²) < 4.78 is 41.6. The maximum absolute atomic E-state index is 13.4. The molecule has 0 atom stereocenters. The SMILES string of the molecule is CN(C)c1ccc(NC(=O)c2ccn(-c3ccccc3)n2)c(C(F)(F)F)c1. The van der Waals surface area contributed by atoms with Crippen molar-refractivity contribution in [3.05, 3.63) is 72.1 Å². The summed E-state index contributed by atoms with van der Waals surface area (Å²) >= 11 is 0. The maximum atomic E-state index is 13.4. The first-order valence-corrected chi connectivity index (χ1v) is 8.07. The van der Waals surface area contributed by atoms with E-state index in [1.165, 1.54) is 22.9 Å². The van der Waals surface area contributed by atoms with E-state index in [9.17, 15) is 18.0 Å². The molecule has 0 saturated carbocycles. The molecule has 0 aliphatic heterocycles. The third kappa shape index (κ3) is 4.11. The van der Waals surface area contributed by atoms with Crippen LogP contribution in [0.3, 0.4) is 0 Å². The Hall–Kier alpha value is -3.29. The van der Waals surface area contributed by atoms with Crippen molar-refractivity contribution in [2.24, 2.45) is 0 Å². The molecular formula is C19H17F3N4O. The number of aromatic nitrogens is 2. The van der Waals surface area contributed by atoms with E-state index in [-0.39, 0.29) is 11.4 Å². The van der Waals surface area contributed by atoms with Crippen molar-refractivity contribution in [2.45, 2.75) is 6.18 Å². The van der Waals surface area contributed by atoms with Crippen LogP contribution < -0.4 is 10.2 Å². The quantitative estimate of drug-likeness (QED) is 0.744. The molecule has 0 radical (unpaired) electrons. The second-order valence-corrected chi connectivity index (χ2v) is 6.06. The van der Waals surface area contributed by atoms with Crippen LogP contribution in [-0.4, -0.2) is 29.8 Å². The van der Waals surface area contributed by atoms with Gasteiger partial charge in [0, 0.05) is 26.0 Å².